The lowest BCUT2D eigenvalue weighted by molar-refractivity contribution is -0.112. The van der Waals surface area contributed by atoms with Crippen molar-refractivity contribution in [2.75, 3.05) is 26.0 Å². The first kappa shape index (κ1) is 21.1. The molecule has 6 nitrogen and oxygen atoms in total. The summed E-state index contributed by atoms with van der Waals surface area (Å²) in [6, 6.07) is 16.1. The summed E-state index contributed by atoms with van der Waals surface area (Å²) >= 11 is 1.08. The molecule has 0 spiro atoms. The number of hydrogen-bond acceptors (Lipinski definition) is 5. The number of rotatable bonds is 6. The van der Waals surface area contributed by atoms with Crippen molar-refractivity contribution in [3.8, 4) is 11.8 Å². The summed E-state index contributed by atoms with van der Waals surface area (Å²) in [5.41, 5.74) is 1.10. The Balaban J connectivity index is 2.21. The predicted octanol–water partition coefficient (Wildman–Crippen LogP) is 4.40. The fourth-order valence-corrected chi connectivity index (χ4v) is 2.94. The van der Waals surface area contributed by atoms with Gasteiger partial charge in [-0.1, -0.05) is 24.3 Å². The molecule has 144 valence electrons. The van der Waals surface area contributed by atoms with Crippen molar-refractivity contribution in [2.24, 2.45) is 0 Å². The van der Waals surface area contributed by atoms with Crippen LogP contribution in [0.3, 0.4) is 0 Å². The van der Waals surface area contributed by atoms with Gasteiger partial charge in [0.15, 0.2) is 0 Å². The monoisotopic (exact) mass is 395 g/mol. The van der Waals surface area contributed by atoms with E-state index in [4.69, 9.17) is 4.74 Å². The molecule has 0 saturated heterocycles. The number of benzene rings is 2. The van der Waals surface area contributed by atoms with E-state index in [1.54, 1.807) is 62.6 Å². The van der Waals surface area contributed by atoms with Crippen LogP contribution in [-0.2, 0) is 4.79 Å². The Morgan fingerprint density at radius 3 is 2.64 bits per heavy atom. The van der Waals surface area contributed by atoms with E-state index in [2.05, 4.69) is 5.32 Å². The average Bonchev–Trinajstić information content (AvgIpc) is 2.68. The highest BCUT2D eigenvalue weighted by molar-refractivity contribution is 8.13. The summed E-state index contributed by atoms with van der Waals surface area (Å²) in [7, 11) is 3.36. The van der Waals surface area contributed by atoms with Crippen molar-refractivity contribution in [3.63, 3.8) is 0 Å². The molecule has 0 unspecified atom stereocenters. The molecular weight excluding hydrogens is 374 g/mol. The lowest BCUT2D eigenvalue weighted by Crippen LogP contribution is -2.16. The van der Waals surface area contributed by atoms with Gasteiger partial charge in [-0.2, -0.15) is 5.26 Å². The van der Waals surface area contributed by atoms with Crippen LogP contribution in [0.15, 0.2) is 59.0 Å². The van der Waals surface area contributed by atoms with E-state index in [1.807, 2.05) is 13.0 Å². The van der Waals surface area contributed by atoms with Crippen LogP contribution in [0.2, 0.25) is 0 Å². The van der Waals surface area contributed by atoms with Gasteiger partial charge >= 0.3 is 0 Å². The van der Waals surface area contributed by atoms with Gasteiger partial charge in [0.25, 0.3) is 11.1 Å². The van der Waals surface area contributed by atoms with Gasteiger partial charge in [-0.3, -0.25) is 9.59 Å². The molecule has 7 heteroatoms. The number of nitrogens with zero attached hydrogens (tertiary/aromatic N) is 2. The third-order valence-electron chi connectivity index (χ3n) is 3.54. The van der Waals surface area contributed by atoms with Crippen molar-refractivity contribution in [1.29, 1.82) is 5.26 Å². The van der Waals surface area contributed by atoms with E-state index in [0.717, 1.165) is 16.7 Å². The van der Waals surface area contributed by atoms with E-state index in [9.17, 15) is 14.9 Å². The van der Waals surface area contributed by atoms with Gasteiger partial charge in [-0.25, -0.2) is 0 Å². The molecule has 2 aromatic carbocycles. The smallest absolute Gasteiger partial charge is 0.285 e. The van der Waals surface area contributed by atoms with E-state index in [1.165, 1.54) is 11.0 Å². The van der Waals surface area contributed by atoms with E-state index in [-0.39, 0.29) is 10.8 Å². The minimum atomic E-state index is -0.530. The number of nitriles is 1. The SMILES string of the molecule is CCOc1ccccc1NC(=O)C(C#N)=Cc1cccc(SC(=O)N(C)C)c1. The summed E-state index contributed by atoms with van der Waals surface area (Å²) in [6.45, 7) is 2.31. The quantitative estimate of drug-likeness (QED) is 0.445. The molecule has 0 bridgehead atoms. The standard InChI is InChI=1S/C21H21N3O3S/c1-4-27-19-11-6-5-10-18(19)23-20(25)16(14-22)12-15-8-7-9-17(13-15)28-21(26)24(2)3/h5-13H,4H2,1-3H3,(H,23,25). The molecule has 0 aromatic heterocycles. The molecule has 0 aliphatic heterocycles. The molecule has 0 heterocycles. The molecule has 0 atom stereocenters. The van der Waals surface area contributed by atoms with E-state index >= 15 is 0 Å². The van der Waals surface area contributed by atoms with Crippen molar-refractivity contribution < 1.29 is 14.3 Å². The van der Waals surface area contributed by atoms with Crippen molar-refractivity contribution in [2.45, 2.75) is 11.8 Å². The van der Waals surface area contributed by atoms with Gasteiger partial charge < -0.3 is 15.0 Å². The Morgan fingerprint density at radius 1 is 1.21 bits per heavy atom. The number of ether oxygens (including phenoxy) is 1. The summed E-state index contributed by atoms with van der Waals surface area (Å²) in [6.07, 6.45) is 1.49. The predicted molar refractivity (Wildman–Crippen MR) is 111 cm³/mol. The van der Waals surface area contributed by atoms with Crippen LogP contribution in [0.25, 0.3) is 6.08 Å². The molecule has 0 aliphatic carbocycles. The Morgan fingerprint density at radius 2 is 1.96 bits per heavy atom. The molecule has 0 aliphatic rings. The molecule has 0 saturated carbocycles. The number of hydrogen-bond donors (Lipinski definition) is 1. The highest BCUT2D eigenvalue weighted by Crippen LogP contribution is 2.25. The topological polar surface area (TPSA) is 82.4 Å². The third kappa shape index (κ3) is 5.89. The first-order valence-corrected chi connectivity index (χ1v) is 9.40. The first-order chi connectivity index (χ1) is 13.4. The number of carbonyl (C=O) groups is 2. The first-order valence-electron chi connectivity index (χ1n) is 8.58. The normalized spacial score (nSPS) is 10.7. The second-order valence-electron chi connectivity index (χ2n) is 5.89. The maximum Gasteiger partial charge on any atom is 0.285 e. The zero-order valence-electron chi connectivity index (χ0n) is 15.9. The molecular formula is C21H21N3O3S. The average molecular weight is 395 g/mol. The highest BCUT2D eigenvalue weighted by atomic mass is 32.2. The minimum Gasteiger partial charge on any atom is -0.492 e. The van der Waals surface area contributed by atoms with Crippen LogP contribution in [0, 0.1) is 11.3 Å². The number of carbonyl (C=O) groups excluding carboxylic acids is 2. The maximum atomic E-state index is 12.5. The second kappa shape index (κ2) is 10.2. The van der Waals surface area contributed by atoms with Crippen molar-refractivity contribution >= 4 is 34.7 Å². The van der Waals surface area contributed by atoms with Crippen molar-refractivity contribution in [1.82, 2.24) is 4.90 Å². The molecule has 2 aromatic rings. The highest BCUT2D eigenvalue weighted by Gasteiger charge is 2.13. The Kier molecular flexibility index (Phi) is 7.66. The zero-order valence-corrected chi connectivity index (χ0v) is 16.7. The maximum absolute atomic E-state index is 12.5. The van der Waals surface area contributed by atoms with Gasteiger partial charge in [0, 0.05) is 19.0 Å². The molecule has 0 fully saturated rings. The van der Waals surface area contributed by atoms with Crippen LogP contribution >= 0.6 is 11.8 Å². The van der Waals surface area contributed by atoms with Gasteiger partial charge in [0.1, 0.15) is 17.4 Å². The van der Waals surface area contributed by atoms with Gasteiger partial charge in [0.05, 0.1) is 12.3 Å². The summed E-state index contributed by atoms with van der Waals surface area (Å²) in [5.74, 6) is 0.00770. The Bertz CT molecular complexity index is 932. The lowest BCUT2D eigenvalue weighted by atomic mass is 10.1. The number of nitrogens with one attached hydrogen (secondary N) is 1. The number of amides is 2. The number of anilines is 1. The molecule has 2 amide bonds. The Labute approximate surface area is 168 Å². The molecule has 1 N–H and O–H groups in total. The lowest BCUT2D eigenvalue weighted by Gasteiger charge is -2.11. The Hall–Kier alpha value is -3.24. The molecule has 2 rings (SSSR count). The summed E-state index contributed by atoms with van der Waals surface area (Å²) in [5, 5.41) is 12.0. The summed E-state index contributed by atoms with van der Waals surface area (Å²) < 4.78 is 5.49. The molecule has 0 radical (unpaired) electrons. The van der Waals surface area contributed by atoms with E-state index in [0.29, 0.717) is 23.6 Å². The van der Waals surface area contributed by atoms with E-state index < -0.39 is 5.91 Å². The minimum absolute atomic E-state index is 0.0487. The van der Waals surface area contributed by atoms with Gasteiger partial charge in [0.2, 0.25) is 0 Å². The van der Waals surface area contributed by atoms with Gasteiger partial charge in [-0.15, -0.1) is 0 Å². The van der Waals surface area contributed by atoms with Crippen LogP contribution in [0.5, 0.6) is 5.75 Å². The third-order valence-corrected chi connectivity index (χ3v) is 4.57. The van der Waals surface area contributed by atoms with Crippen LogP contribution in [-0.4, -0.2) is 36.7 Å². The second-order valence-corrected chi connectivity index (χ2v) is 6.91. The number of para-hydroxylation sites is 2. The number of thioether (sulfide) groups is 1. The largest absolute Gasteiger partial charge is 0.492 e. The van der Waals surface area contributed by atoms with Crippen LogP contribution < -0.4 is 10.1 Å². The fourth-order valence-electron chi connectivity index (χ4n) is 2.22. The molecule has 28 heavy (non-hydrogen) atoms. The summed E-state index contributed by atoms with van der Waals surface area (Å²) in [4.78, 5) is 26.6. The van der Waals surface area contributed by atoms with Crippen LogP contribution in [0.1, 0.15) is 12.5 Å². The van der Waals surface area contributed by atoms with Gasteiger partial charge in [-0.05, 0) is 54.6 Å². The van der Waals surface area contributed by atoms with Crippen LogP contribution in [0.4, 0.5) is 10.5 Å². The van der Waals surface area contributed by atoms with Crippen molar-refractivity contribution in [3.05, 3.63) is 59.7 Å². The fraction of sp³-hybridized carbons (Fsp3) is 0.190. The zero-order chi connectivity index (χ0) is 20.5.